The van der Waals surface area contributed by atoms with Gasteiger partial charge in [-0.05, 0) is 12.1 Å². The summed E-state index contributed by atoms with van der Waals surface area (Å²) in [5, 5.41) is 8.42. The second-order valence-corrected chi connectivity index (χ2v) is 2.97. The van der Waals surface area contributed by atoms with Crippen molar-refractivity contribution in [2.45, 2.75) is 6.42 Å². The fraction of sp³-hybridized carbons (Fsp3) is 0.222. The van der Waals surface area contributed by atoms with Crippen LogP contribution < -0.4 is 4.42 Å². The minimum atomic E-state index is -0.846. The van der Waals surface area contributed by atoms with Crippen molar-refractivity contribution in [2.24, 2.45) is 0 Å². The van der Waals surface area contributed by atoms with Gasteiger partial charge in [-0.25, -0.2) is 0 Å². The standard InChI is InChI=1S/C9H10ClNO2/c10-11(7-6-9(12)13)8-4-2-1-3-5-8/h1-5H,6-7H2,(H,12,13). The molecule has 0 atom stereocenters. The quantitative estimate of drug-likeness (QED) is 0.756. The molecular weight excluding hydrogens is 190 g/mol. The zero-order chi connectivity index (χ0) is 9.68. The molecule has 1 aromatic carbocycles. The second-order valence-electron chi connectivity index (χ2n) is 2.57. The lowest BCUT2D eigenvalue weighted by molar-refractivity contribution is -0.136. The number of rotatable bonds is 4. The Morgan fingerprint density at radius 3 is 2.54 bits per heavy atom. The van der Waals surface area contributed by atoms with Gasteiger partial charge in [0.05, 0.1) is 12.1 Å². The molecular formula is C9H10ClNO2. The zero-order valence-corrected chi connectivity index (χ0v) is 7.74. The van der Waals surface area contributed by atoms with Crippen molar-refractivity contribution in [3.63, 3.8) is 0 Å². The van der Waals surface area contributed by atoms with Crippen LogP contribution in [-0.2, 0) is 4.79 Å². The van der Waals surface area contributed by atoms with Crippen LogP contribution >= 0.6 is 11.8 Å². The van der Waals surface area contributed by atoms with Crippen LogP contribution in [-0.4, -0.2) is 17.6 Å². The molecule has 1 N–H and O–H groups in total. The fourth-order valence-corrected chi connectivity index (χ4v) is 1.11. The maximum absolute atomic E-state index is 10.2. The van der Waals surface area contributed by atoms with Crippen molar-refractivity contribution >= 4 is 23.4 Å². The Morgan fingerprint density at radius 1 is 1.38 bits per heavy atom. The molecule has 0 aliphatic rings. The average molecular weight is 200 g/mol. The molecule has 70 valence electrons. The predicted molar refractivity (Wildman–Crippen MR) is 51.9 cm³/mol. The number of halogens is 1. The van der Waals surface area contributed by atoms with E-state index in [0.717, 1.165) is 5.69 Å². The number of carboxylic acid groups (broad SMARTS) is 1. The summed E-state index contributed by atoms with van der Waals surface area (Å²) in [6, 6.07) is 9.24. The van der Waals surface area contributed by atoms with Crippen LogP contribution in [0.4, 0.5) is 5.69 Å². The summed E-state index contributed by atoms with van der Waals surface area (Å²) in [6.45, 7) is 0.306. The van der Waals surface area contributed by atoms with E-state index in [2.05, 4.69) is 0 Å². The summed E-state index contributed by atoms with van der Waals surface area (Å²) < 4.78 is 1.40. The molecule has 0 radical (unpaired) electrons. The number of carbonyl (C=O) groups is 1. The van der Waals surface area contributed by atoms with Crippen molar-refractivity contribution in [3.8, 4) is 0 Å². The number of aliphatic carboxylic acids is 1. The molecule has 1 rings (SSSR count). The molecule has 13 heavy (non-hydrogen) atoms. The summed E-state index contributed by atoms with van der Waals surface area (Å²) in [7, 11) is 0. The van der Waals surface area contributed by atoms with Gasteiger partial charge in [-0.15, -0.1) is 0 Å². The van der Waals surface area contributed by atoms with Gasteiger partial charge in [0.25, 0.3) is 0 Å². The van der Waals surface area contributed by atoms with Crippen LogP contribution in [0.25, 0.3) is 0 Å². The first-order valence-electron chi connectivity index (χ1n) is 3.90. The highest BCUT2D eigenvalue weighted by molar-refractivity contribution is 6.25. The molecule has 0 aromatic heterocycles. The van der Waals surface area contributed by atoms with Crippen LogP contribution in [0.1, 0.15) is 6.42 Å². The highest BCUT2D eigenvalue weighted by Crippen LogP contribution is 2.15. The molecule has 1 aromatic rings. The highest BCUT2D eigenvalue weighted by atomic mass is 35.5. The summed E-state index contributed by atoms with van der Waals surface area (Å²) >= 11 is 5.82. The zero-order valence-electron chi connectivity index (χ0n) is 6.98. The lowest BCUT2D eigenvalue weighted by atomic mass is 10.3. The molecule has 0 heterocycles. The van der Waals surface area contributed by atoms with Gasteiger partial charge in [0.2, 0.25) is 0 Å². The van der Waals surface area contributed by atoms with Gasteiger partial charge >= 0.3 is 5.97 Å². The summed E-state index contributed by atoms with van der Waals surface area (Å²) in [5.41, 5.74) is 0.811. The van der Waals surface area contributed by atoms with E-state index in [0.29, 0.717) is 6.54 Å². The Morgan fingerprint density at radius 2 is 2.00 bits per heavy atom. The Labute approximate surface area is 81.7 Å². The van der Waals surface area contributed by atoms with Gasteiger partial charge in [-0.1, -0.05) is 18.2 Å². The minimum Gasteiger partial charge on any atom is -0.481 e. The van der Waals surface area contributed by atoms with Gasteiger partial charge in [-0.2, -0.15) is 0 Å². The van der Waals surface area contributed by atoms with Gasteiger partial charge in [0.1, 0.15) is 0 Å². The Hall–Kier alpha value is -1.22. The molecule has 0 fully saturated rings. The minimum absolute atomic E-state index is 0.0401. The molecule has 0 bridgehead atoms. The lowest BCUT2D eigenvalue weighted by Gasteiger charge is -2.13. The van der Waals surface area contributed by atoms with E-state index in [1.807, 2.05) is 30.3 Å². The maximum atomic E-state index is 10.2. The SMILES string of the molecule is O=C(O)CCN(Cl)c1ccccc1. The first-order chi connectivity index (χ1) is 6.20. The van der Waals surface area contributed by atoms with Crippen LogP contribution in [0.15, 0.2) is 30.3 Å². The average Bonchev–Trinajstić information content (AvgIpc) is 2.15. The lowest BCUT2D eigenvalue weighted by Crippen LogP contribution is -2.15. The van der Waals surface area contributed by atoms with Crippen molar-refractivity contribution in [3.05, 3.63) is 30.3 Å². The Balaban J connectivity index is 2.49. The van der Waals surface area contributed by atoms with E-state index in [1.165, 1.54) is 4.42 Å². The fourth-order valence-electron chi connectivity index (χ4n) is 0.913. The topological polar surface area (TPSA) is 40.5 Å². The third-order valence-corrected chi connectivity index (χ3v) is 1.92. The van der Waals surface area contributed by atoms with Gasteiger partial charge in [-0.3, -0.25) is 9.21 Å². The molecule has 3 nitrogen and oxygen atoms in total. The number of benzene rings is 1. The summed E-state index contributed by atoms with van der Waals surface area (Å²) in [6.07, 6.45) is 0.0401. The number of hydrogen-bond acceptors (Lipinski definition) is 2. The first kappa shape index (κ1) is 9.86. The van der Waals surface area contributed by atoms with Crippen molar-refractivity contribution in [1.29, 1.82) is 0 Å². The van der Waals surface area contributed by atoms with E-state index in [9.17, 15) is 4.79 Å². The van der Waals surface area contributed by atoms with Gasteiger partial charge < -0.3 is 5.11 Å². The smallest absolute Gasteiger partial charge is 0.305 e. The molecule has 0 aliphatic carbocycles. The Kier molecular flexibility index (Phi) is 3.58. The van der Waals surface area contributed by atoms with E-state index in [1.54, 1.807) is 0 Å². The number of carboxylic acids is 1. The highest BCUT2D eigenvalue weighted by Gasteiger charge is 2.04. The molecule has 0 amide bonds. The molecule has 4 heteroatoms. The Bertz CT molecular complexity index is 276. The van der Waals surface area contributed by atoms with Crippen molar-refractivity contribution < 1.29 is 9.90 Å². The second kappa shape index (κ2) is 4.72. The molecule has 0 aliphatic heterocycles. The molecule has 0 saturated carbocycles. The number of anilines is 1. The van der Waals surface area contributed by atoms with Crippen molar-refractivity contribution in [1.82, 2.24) is 0 Å². The monoisotopic (exact) mass is 199 g/mol. The van der Waals surface area contributed by atoms with Crippen molar-refractivity contribution in [2.75, 3.05) is 11.0 Å². The molecule has 0 unspecified atom stereocenters. The number of nitrogens with zero attached hydrogens (tertiary/aromatic N) is 1. The van der Waals surface area contributed by atoms with E-state index in [4.69, 9.17) is 16.9 Å². The summed E-state index contributed by atoms with van der Waals surface area (Å²) in [4.78, 5) is 10.2. The van der Waals surface area contributed by atoms with Crippen LogP contribution in [0.5, 0.6) is 0 Å². The number of hydrogen-bond donors (Lipinski definition) is 1. The predicted octanol–water partition coefficient (Wildman–Crippen LogP) is 2.12. The maximum Gasteiger partial charge on any atom is 0.305 e. The largest absolute Gasteiger partial charge is 0.481 e. The normalized spacial score (nSPS) is 9.62. The van der Waals surface area contributed by atoms with Gasteiger partial charge in [0.15, 0.2) is 0 Å². The molecule has 0 saturated heterocycles. The van der Waals surface area contributed by atoms with Crippen LogP contribution in [0, 0.1) is 0 Å². The third-order valence-electron chi connectivity index (χ3n) is 1.56. The van der Waals surface area contributed by atoms with E-state index in [-0.39, 0.29) is 6.42 Å². The van der Waals surface area contributed by atoms with E-state index < -0.39 is 5.97 Å². The van der Waals surface area contributed by atoms with Gasteiger partial charge in [0, 0.05) is 18.3 Å². The van der Waals surface area contributed by atoms with E-state index >= 15 is 0 Å². The summed E-state index contributed by atoms with van der Waals surface area (Å²) in [5.74, 6) is -0.846. The van der Waals surface area contributed by atoms with Crippen LogP contribution in [0.3, 0.4) is 0 Å². The third kappa shape index (κ3) is 3.34. The first-order valence-corrected chi connectivity index (χ1v) is 4.24. The van der Waals surface area contributed by atoms with Crippen LogP contribution in [0.2, 0.25) is 0 Å². The number of para-hydroxylation sites is 1. The molecule has 0 spiro atoms.